The number of carboxylic acid groups (broad SMARTS) is 1. The van der Waals surface area contributed by atoms with Crippen LogP contribution in [0.4, 0.5) is 0 Å². The van der Waals surface area contributed by atoms with Gasteiger partial charge < -0.3 is 21.1 Å². The molecule has 9 heteroatoms. The minimum absolute atomic E-state index is 0.0916. The first-order chi connectivity index (χ1) is 14.7. The molecule has 0 aromatic rings. The largest absolute Gasteiger partial charge is 0.479 e. The molecule has 0 saturated carbocycles. The molecule has 184 valence electrons. The van der Waals surface area contributed by atoms with Gasteiger partial charge in [0.2, 0.25) is 5.91 Å². The fourth-order valence-electron chi connectivity index (χ4n) is 3.40. The van der Waals surface area contributed by atoms with Crippen LogP contribution < -0.4 is 11.1 Å². The van der Waals surface area contributed by atoms with Gasteiger partial charge in [-0.3, -0.25) is 13.9 Å². The van der Waals surface area contributed by atoms with Gasteiger partial charge in [-0.25, -0.2) is 4.79 Å². The fraction of sp³-hybridized carbons (Fsp3) is 0.909. The van der Waals surface area contributed by atoms with Crippen molar-refractivity contribution in [3.8, 4) is 0 Å². The number of unbranched alkanes of at least 4 members (excludes halogenated alkanes) is 9. The lowest BCUT2D eigenvalue weighted by molar-refractivity contribution is -0.145. The Morgan fingerprint density at radius 3 is 2.00 bits per heavy atom. The van der Waals surface area contributed by atoms with E-state index in [9.17, 15) is 24.2 Å². The van der Waals surface area contributed by atoms with E-state index in [-0.39, 0.29) is 24.7 Å². The number of rotatable bonds is 20. The van der Waals surface area contributed by atoms with Crippen molar-refractivity contribution in [2.45, 2.75) is 116 Å². The molecular weight excluding hydrogens is 419 g/mol. The van der Waals surface area contributed by atoms with Gasteiger partial charge in [0.1, 0.15) is 5.78 Å². The maximum absolute atomic E-state index is 12.8. The molecule has 1 amide bonds. The second-order valence-corrected chi connectivity index (χ2v) is 10.5. The predicted molar refractivity (Wildman–Crippen MR) is 124 cm³/mol. The second kappa shape index (κ2) is 17.6. The first kappa shape index (κ1) is 30.0. The summed E-state index contributed by atoms with van der Waals surface area (Å²) in [6.07, 6.45) is 10.3. The average molecular weight is 465 g/mol. The first-order valence-corrected chi connectivity index (χ1v) is 13.5. The Balaban J connectivity index is 4.49. The average Bonchev–Trinajstić information content (AvgIpc) is 2.69. The minimum atomic E-state index is -4.38. The Kier molecular flexibility index (Phi) is 17.0. The van der Waals surface area contributed by atoms with E-state index >= 15 is 0 Å². The Bertz CT molecular complexity index is 544. The lowest BCUT2D eigenvalue weighted by atomic mass is 10.1. The van der Waals surface area contributed by atoms with Crippen molar-refractivity contribution in [3.05, 3.63) is 0 Å². The highest BCUT2D eigenvalue weighted by Crippen LogP contribution is 2.50. The highest BCUT2D eigenvalue weighted by molar-refractivity contribution is 7.53. The van der Waals surface area contributed by atoms with E-state index in [0.717, 1.165) is 19.3 Å². The number of amides is 1. The van der Waals surface area contributed by atoms with Crippen LogP contribution >= 0.6 is 7.60 Å². The molecule has 0 aromatic heterocycles. The first-order valence-electron chi connectivity index (χ1n) is 11.9. The topological polar surface area (TPSA) is 139 Å². The molecule has 0 aliphatic heterocycles. The molecule has 5 N–H and O–H groups in total. The lowest BCUT2D eigenvalue weighted by Gasteiger charge is -2.28. The molecule has 8 nitrogen and oxygen atoms in total. The van der Waals surface area contributed by atoms with Gasteiger partial charge in [-0.15, -0.1) is 0 Å². The maximum atomic E-state index is 12.8. The van der Waals surface area contributed by atoms with Gasteiger partial charge in [0.05, 0.1) is 0 Å². The molecule has 0 bridgehead atoms. The molecule has 0 rings (SSSR count). The van der Waals surface area contributed by atoms with Gasteiger partial charge in [-0.05, 0) is 38.1 Å². The summed E-state index contributed by atoms with van der Waals surface area (Å²) in [5.41, 5.74) is 5.41. The van der Waals surface area contributed by atoms with Crippen LogP contribution in [0.5, 0.6) is 0 Å². The summed E-state index contributed by atoms with van der Waals surface area (Å²) in [5.74, 6) is -3.14. The summed E-state index contributed by atoms with van der Waals surface area (Å²) < 4.78 is 17.9. The highest BCUT2D eigenvalue weighted by atomic mass is 31.2. The molecular formula is C22H45N2O6P. The van der Waals surface area contributed by atoms with Crippen LogP contribution in [0.3, 0.4) is 0 Å². The van der Waals surface area contributed by atoms with Crippen molar-refractivity contribution in [1.82, 2.24) is 5.32 Å². The van der Waals surface area contributed by atoms with Gasteiger partial charge >= 0.3 is 13.6 Å². The molecule has 0 radical (unpaired) electrons. The van der Waals surface area contributed by atoms with E-state index in [0.29, 0.717) is 19.4 Å². The summed E-state index contributed by atoms with van der Waals surface area (Å²) in [7, 11) is -4.38. The van der Waals surface area contributed by atoms with E-state index in [1.54, 1.807) is 13.8 Å². The number of nitrogens with one attached hydrogen (secondary N) is 1. The summed E-state index contributed by atoms with van der Waals surface area (Å²) in [6.45, 7) is 6.00. The number of nitrogens with two attached hydrogens (primary N) is 1. The third-order valence-electron chi connectivity index (χ3n) is 5.27. The van der Waals surface area contributed by atoms with E-state index in [4.69, 9.17) is 10.3 Å². The van der Waals surface area contributed by atoms with E-state index in [2.05, 4.69) is 12.2 Å². The van der Waals surface area contributed by atoms with E-state index < -0.39 is 25.5 Å². The molecule has 0 aromatic carbocycles. The molecule has 0 fully saturated rings. The second-order valence-electron chi connectivity index (χ2n) is 8.62. The quantitative estimate of drug-likeness (QED) is 0.150. The summed E-state index contributed by atoms with van der Waals surface area (Å²) in [5, 5.41) is 11.9. The van der Waals surface area contributed by atoms with Crippen molar-refractivity contribution in [3.63, 3.8) is 0 Å². The van der Waals surface area contributed by atoms with Crippen LogP contribution in [-0.4, -0.2) is 40.3 Å². The van der Waals surface area contributed by atoms with E-state index in [1.807, 2.05) is 0 Å². The number of carbonyl (C=O) groups excluding carboxylic acids is 1. The monoisotopic (exact) mass is 464 g/mol. The van der Waals surface area contributed by atoms with Gasteiger partial charge in [0.15, 0.2) is 6.10 Å². The standard InChI is InChI=1S/C22H45N2O6P/c1-4-5-6-7-8-9-10-11-12-16-20(25)24-21(18(2)3)31(28,29)30-19(22(26)27)15-13-14-17-23/h18-19,21H,4-17,23H2,1-3H3,(H,24,25)(H,26,27)(H,28,29)/t19?,21-/m0/s1. The lowest BCUT2D eigenvalue weighted by Crippen LogP contribution is -2.40. The highest BCUT2D eigenvalue weighted by Gasteiger charge is 2.40. The zero-order valence-corrected chi connectivity index (χ0v) is 20.6. The number of aliphatic carboxylic acids is 1. The number of hydrogen-bond acceptors (Lipinski definition) is 5. The fourth-order valence-corrected chi connectivity index (χ4v) is 5.15. The van der Waals surface area contributed by atoms with Crippen LogP contribution in [0, 0.1) is 5.92 Å². The molecule has 0 heterocycles. The van der Waals surface area contributed by atoms with Crippen molar-refractivity contribution in [2.24, 2.45) is 11.7 Å². The smallest absolute Gasteiger partial charge is 0.351 e. The Morgan fingerprint density at radius 2 is 1.52 bits per heavy atom. The predicted octanol–water partition coefficient (Wildman–Crippen LogP) is 4.79. The molecule has 3 atom stereocenters. The van der Waals surface area contributed by atoms with Crippen LogP contribution in [0.25, 0.3) is 0 Å². The van der Waals surface area contributed by atoms with Gasteiger partial charge in [0.25, 0.3) is 0 Å². The van der Waals surface area contributed by atoms with Crippen LogP contribution in [0.2, 0.25) is 0 Å². The van der Waals surface area contributed by atoms with Gasteiger partial charge in [-0.2, -0.15) is 0 Å². The SMILES string of the molecule is CCCCCCCCCCCC(=O)N[C@H](C(C)C)P(=O)(O)OC(CCCCN)C(=O)O. The zero-order valence-electron chi connectivity index (χ0n) is 19.7. The Labute approximate surface area is 188 Å². The van der Waals surface area contributed by atoms with E-state index in [1.165, 1.54) is 38.5 Å². The number of carboxylic acids is 1. The summed E-state index contributed by atoms with van der Waals surface area (Å²) >= 11 is 0. The van der Waals surface area contributed by atoms with Crippen LogP contribution in [0.15, 0.2) is 0 Å². The maximum Gasteiger partial charge on any atom is 0.351 e. The Hall–Kier alpha value is -0.950. The van der Waals surface area contributed by atoms with Crippen molar-refractivity contribution in [2.75, 3.05) is 6.54 Å². The minimum Gasteiger partial charge on any atom is -0.479 e. The third-order valence-corrected chi connectivity index (χ3v) is 7.26. The van der Waals surface area contributed by atoms with Crippen LogP contribution in [-0.2, 0) is 18.7 Å². The Morgan fingerprint density at radius 1 is 0.968 bits per heavy atom. The van der Waals surface area contributed by atoms with Crippen molar-refractivity contribution in [1.29, 1.82) is 0 Å². The normalized spacial score (nSPS) is 15.4. The molecule has 0 spiro atoms. The van der Waals surface area contributed by atoms with Crippen molar-refractivity contribution >= 4 is 19.5 Å². The van der Waals surface area contributed by atoms with Gasteiger partial charge in [-0.1, -0.05) is 72.1 Å². The zero-order chi connectivity index (χ0) is 23.7. The van der Waals surface area contributed by atoms with Crippen LogP contribution in [0.1, 0.15) is 104 Å². The summed E-state index contributed by atoms with van der Waals surface area (Å²) in [4.78, 5) is 34.2. The summed E-state index contributed by atoms with van der Waals surface area (Å²) in [6, 6.07) is 0. The van der Waals surface area contributed by atoms with Gasteiger partial charge in [0, 0.05) is 6.42 Å². The molecule has 0 aliphatic carbocycles. The molecule has 0 saturated heterocycles. The molecule has 0 aliphatic rings. The third kappa shape index (κ3) is 14.7. The number of hydrogen-bond donors (Lipinski definition) is 4. The molecule has 2 unspecified atom stereocenters. The van der Waals surface area contributed by atoms with Crippen molar-refractivity contribution < 1.29 is 28.7 Å². The number of carbonyl (C=O) groups is 2. The molecule has 31 heavy (non-hydrogen) atoms.